The van der Waals surface area contributed by atoms with Crippen molar-refractivity contribution in [1.82, 2.24) is 9.88 Å². The summed E-state index contributed by atoms with van der Waals surface area (Å²) in [7, 11) is 0. The van der Waals surface area contributed by atoms with Crippen LogP contribution in [0.4, 0.5) is 5.82 Å². The zero-order chi connectivity index (χ0) is 16.2. The van der Waals surface area contributed by atoms with Crippen LogP contribution >= 0.6 is 0 Å². The molecule has 1 saturated heterocycles. The molecule has 2 rings (SSSR count). The van der Waals surface area contributed by atoms with Crippen molar-refractivity contribution in [3.05, 3.63) is 23.9 Å². The molecule has 1 aromatic rings. The van der Waals surface area contributed by atoms with Gasteiger partial charge in [-0.15, -0.1) is 0 Å². The van der Waals surface area contributed by atoms with E-state index >= 15 is 0 Å². The van der Waals surface area contributed by atoms with E-state index in [9.17, 15) is 9.90 Å². The number of aliphatic hydroxyl groups is 1. The predicted octanol–water partition coefficient (Wildman–Crippen LogP) is 2.53. The summed E-state index contributed by atoms with van der Waals surface area (Å²) in [5.74, 6) is 0.585. The van der Waals surface area contributed by atoms with Crippen molar-refractivity contribution in [3.63, 3.8) is 0 Å². The maximum atomic E-state index is 12.6. The van der Waals surface area contributed by atoms with Crippen LogP contribution in [0.1, 0.15) is 50.4 Å². The average molecular weight is 305 g/mol. The number of likely N-dealkylation sites (tertiary alicyclic amines) is 1. The molecule has 0 saturated carbocycles. The Bertz CT molecular complexity index is 505. The number of aliphatic hydroxyl groups excluding tert-OH is 1. The molecule has 1 atom stereocenters. The molecule has 0 aliphatic carbocycles. The molecule has 0 radical (unpaired) electrons. The first-order valence-corrected chi connectivity index (χ1v) is 8.06. The third kappa shape index (κ3) is 4.19. The number of hydrogen-bond donors (Lipinski definition) is 2. The number of anilines is 1. The van der Waals surface area contributed by atoms with E-state index in [0.29, 0.717) is 17.9 Å². The van der Waals surface area contributed by atoms with E-state index in [4.69, 9.17) is 0 Å². The minimum atomic E-state index is -0.507. The van der Waals surface area contributed by atoms with Gasteiger partial charge in [-0.05, 0) is 36.8 Å². The summed E-state index contributed by atoms with van der Waals surface area (Å²) < 4.78 is 0. The minimum absolute atomic E-state index is 0.0283. The number of aromatic nitrogens is 1. The van der Waals surface area contributed by atoms with Crippen molar-refractivity contribution in [2.45, 2.75) is 46.1 Å². The first kappa shape index (κ1) is 16.7. The standard InChI is InChI=1S/C17H27N3O2/c1-17(2,3)14(21)12-19-15-13(8-7-9-18-15)16(22)20-10-5-4-6-11-20/h7-9,14,21H,4-6,10-12H2,1-3H3,(H,18,19). The van der Waals surface area contributed by atoms with Crippen molar-refractivity contribution in [2.75, 3.05) is 25.0 Å². The Hall–Kier alpha value is -1.62. The summed E-state index contributed by atoms with van der Waals surface area (Å²) >= 11 is 0. The highest BCUT2D eigenvalue weighted by atomic mass is 16.3. The third-order valence-corrected chi connectivity index (χ3v) is 4.14. The second-order valence-electron chi connectivity index (χ2n) is 7.02. The van der Waals surface area contributed by atoms with Gasteiger partial charge < -0.3 is 15.3 Å². The third-order valence-electron chi connectivity index (χ3n) is 4.14. The topological polar surface area (TPSA) is 65.5 Å². The first-order chi connectivity index (χ1) is 10.4. The highest BCUT2D eigenvalue weighted by Crippen LogP contribution is 2.21. The molecule has 1 aliphatic heterocycles. The van der Waals surface area contributed by atoms with Crippen molar-refractivity contribution in [1.29, 1.82) is 0 Å². The average Bonchev–Trinajstić information content (AvgIpc) is 2.52. The Kier molecular flexibility index (Phi) is 5.40. The van der Waals surface area contributed by atoms with Crippen LogP contribution in [0.5, 0.6) is 0 Å². The van der Waals surface area contributed by atoms with E-state index in [1.54, 1.807) is 18.3 Å². The lowest BCUT2D eigenvalue weighted by atomic mass is 9.89. The van der Waals surface area contributed by atoms with Crippen LogP contribution in [0, 0.1) is 5.41 Å². The molecule has 5 heteroatoms. The SMILES string of the molecule is CC(C)(C)C(O)CNc1ncccc1C(=O)N1CCCCC1. The molecule has 0 aromatic carbocycles. The number of carbonyl (C=O) groups is 1. The molecule has 1 unspecified atom stereocenters. The molecule has 0 bridgehead atoms. The van der Waals surface area contributed by atoms with Gasteiger partial charge in [-0.25, -0.2) is 4.98 Å². The predicted molar refractivity (Wildman–Crippen MR) is 87.9 cm³/mol. The van der Waals surface area contributed by atoms with Gasteiger partial charge in [0.1, 0.15) is 5.82 Å². The summed E-state index contributed by atoms with van der Waals surface area (Å²) in [6.45, 7) is 7.96. The summed E-state index contributed by atoms with van der Waals surface area (Å²) in [4.78, 5) is 18.8. The molecule has 1 aliphatic rings. The molecule has 0 spiro atoms. The minimum Gasteiger partial charge on any atom is -0.391 e. The van der Waals surface area contributed by atoms with E-state index in [1.165, 1.54) is 6.42 Å². The van der Waals surface area contributed by atoms with Gasteiger partial charge in [-0.2, -0.15) is 0 Å². The summed E-state index contributed by atoms with van der Waals surface area (Å²) in [6.07, 6.45) is 4.49. The molecule has 22 heavy (non-hydrogen) atoms. The van der Waals surface area contributed by atoms with Crippen LogP contribution in [0.15, 0.2) is 18.3 Å². The summed E-state index contributed by atoms with van der Waals surface area (Å²) in [6, 6.07) is 3.58. The lowest BCUT2D eigenvalue weighted by molar-refractivity contribution is 0.0718. The Morgan fingerprint density at radius 3 is 2.68 bits per heavy atom. The molecule has 1 amide bonds. The lowest BCUT2D eigenvalue weighted by Crippen LogP contribution is -2.37. The summed E-state index contributed by atoms with van der Waals surface area (Å²) in [5.41, 5.74) is 0.379. The van der Waals surface area contributed by atoms with Gasteiger partial charge in [0.25, 0.3) is 5.91 Å². The number of pyridine rings is 1. The normalized spacial score (nSPS) is 17.2. The molecule has 122 valence electrons. The number of hydrogen-bond acceptors (Lipinski definition) is 4. The van der Waals surface area contributed by atoms with Gasteiger partial charge in [-0.3, -0.25) is 4.79 Å². The zero-order valence-corrected chi connectivity index (χ0v) is 13.8. The van der Waals surface area contributed by atoms with Crippen LogP contribution in [0.25, 0.3) is 0 Å². The first-order valence-electron chi connectivity index (χ1n) is 8.06. The second kappa shape index (κ2) is 7.09. The van der Waals surface area contributed by atoms with Crippen molar-refractivity contribution in [3.8, 4) is 0 Å². The van der Waals surface area contributed by atoms with E-state index in [0.717, 1.165) is 25.9 Å². The Labute approximate surface area is 132 Å². The fourth-order valence-corrected chi connectivity index (χ4v) is 2.49. The quantitative estimate of drug-likeness (QED) is 0.897. The van der Waals surface area contributed by atoms with Crippen molar-refractivity contribution in [2.24, 2.45) is 5.41 Å². The lowest BCUT2D eigenvalue weighted by Gasteiger charge is -2.28. The van der Waals surface area contributed by atoms with Crippen LogP contribution in [-0.2, 0) is 0 Å². The van der Waals surface area contributed by atoms with E-state index < -0.39 is 6.10 Å². The van der Waals surface area contributed by atoms with Gasteiger partial charge in [0.2, 0.25) is 0 Å². The maximum Gasteiger partial charge on any atom is 0.257 e. The number of piperidine rings is 1. The summed E-state index contributed by atoms with van der Waals surface area (Å²) in [5, 5.41) is 13.3. The van der Waals surface area contributed by atoms with Gasteiger partial charge in [0, 0.05) is 25.8 Å². The van der Waals surface area contributed by atoms with Gasteiger partial charge >= 0.3 is 0 Å². The second-order valence-corrected chi connectivity index (χ2v) is 7.02. The van der Waals surface area contributed by atoms with Crippen molar-refractivity contribution >= 4 is 11.7 Å². The molecular weight excluding hydrogens is 278 g/mol. The number of nitrogens with zero attached hydrogens (tertiary/aromatic N) is 2. The monoisotopic (exact) mass is 305 g/mol. The molecular formula is C17H27N3O2. The van der Waals surface area contributed by atoms with Gasteiger partial charge in [-0.1, -0.05) is 20.8 Å². The van der Waals surface area contributed by atoms with Crippen LogP contribution < -0.4 is 5.32 Å². The molecule has 2 heterocycles. The van der Waals surface area contributed by atoms with Crippen LogP contribution in [0.3, 0.4) is 0 Å². The van der Waals surface area contributed by atoms with Crippen LogP contribution in [0.2, 0.25) is 0 Å². The Morgan fingerprint density at radius 1 is 1.36 bits per heavy atom. The maximum absolute atomic E-state index is 12.6. The highest BCUT2D eigenvalue weighted by molar-refractivity contribution is 5.98. The number of carbonyl (C=O) groups excluding carboxylic acids is 1. The molecule has 2 N–H and O–H groups in total. The van der Waals surface area contributed by atoms with E-state index in [1.807, 2.05) is 25.7 Å². The fraction of sp³-hybridized carbons (Fsp3) is 0.647. The van der Waals surface area contributed by atoms with Gasteiger partial charge in [0.05, 0.1) is 11.7 Å². The number of rotatable bonds is 4. The molecule has 5 nitrogen and oxygen atoms in total. The molecule has 1 fully saturated rings. The van der Waals surface area contributed by atoms with Crippen molar-refractivity contribution < 1.29 is 9.90 Å². The number of amides is 1. The zero-order valence-electron chi connectivity index (χ0n) is 13.8. The Morgan fingerprint density at radius 2 is 2.05 bits per heavy atom. The van der Waals surface area contributed by atoms with Crippen LogP contribution in [-0.4, -0.2) is 46.6 Å². The van der Waals surface area contributed by atoms with E-state index in [-0.39, 0.29) is 11.3 Å². The highest BCUT2D eigenvalue weighted by Gasteiger charge is 2.24. The smallest absolute Gasteiger partial charge is 0.257 e. The Balaban J connectivity index is 2.07. The largest absolute Gasteiger partial charge is 0.391 e. The fourth-order valence-electron chi connectivity index (χ4n) is 2.49. The number of nitrogens with one attached hydrogen (secondary N) is 1. The molecule has 1 aromatic heterocycles. The van der Waals surface area contributed by atoms with Gasteiger partial charge in [0.15, 0.2) is 0 Å². The van der Waals surface area contributed by atoms with E-state index in [2.05, 4.69) is 10.3 Å².